The van der Waals surface area contributed by atoms with Crippen LogP contribution in [-0.4, -0.2) is 34.0 Å². The number of benzene rings is 1. The summed E-state index contributed by atoms with van der Waals surface area (Å²) in [6, 6.07) is 4.67. The molecule has 1 aromatic carbocycles. The fourth-order valence-corrected chi connectivity index (χ4v) is 4.12. The molecular weight excluding hydrogens is 389 g/mol. The van der Waals surface area contributed by atoms with E-state index in [9.17, 15) is 9.18 Å². The maximum absolute atomic E-state index is 13.7. The summed E-state index contributed by atoms with van der Waals surface area (Å²) in [5, 5.41) is 3.66. The summed E-state index contributed by atoms with van der Waals surface area (Å²) in [4.78, 5) is 19.8. The lowest BCUT2D eigenvalue weighted by atomic mass is 10.1. The van der Waals surface area contributed by atoms with E-state index >= 15 is 0 Å². The molecule has 0 saturated heterocycles. The summed E-state index contributed by atoms with van der Waals surface area (Å²) in [6.45, 7) is 8.15. The minimum atomic E-state index is -0.305. The number of aromatic nitrogens is 2. The van der Waals surface area contributed by atoms with Crippen LogP contribution in [0.3, 0.4) is 0 Å². The Kier molecular flexibility index (Phi) is 6.90. The van der Waals surface area contributed by atoms with Crippen molar-refractivity contribution in [3.63, 3.8) is 0 Å². The van der Waals surface area contributed by atoms with Crippen molar-refractivity contribution in [3.8, 4) is 5.75 Å². The predicted molar refractivity (Wildman–Crippen MR) is 115 cm³/mol. The molecule has 3 aromatic rings. The van der Waals surface area contributed by atoms with Gasteiger partial charge in [-0.1, -0.05) is 20.8 Å². The van der Waals surface area contributed by atoms with Crippen molar-refractivity contribution >= 4 is 28.3 Å². The molecule has 0 aliphatic carbocycles. The minimum Gasteiger partial charge on any atom is -0.495 e. The first-order valence-electron chi connectivity index (χ1n) is 9.98. The lowest BCUT2D eigenvalue weighted by molar-refractivity contribution is 0.0726. The van der Waals surface area contributed by atoms with E-state index in [0.717, 1.165) is 30.7 Å². The third-order valence-corrected chi connectivity index (χ3v) is 5.63. The number of carbonyl (C=O) groups is 1. The maximum Gasteiger partial charge on any atom is 0.258 e. The summed E-state index contributed by atoms with van der Waals surface area (Å²) in [5.74, 6) is 1.47. The molecule has 3 rings (SSSR count). The van der Waals surface area contributed by atoms with Crippen LogP contribution in [-0.2, 0) is 13.1 Å². The number of hydrogen-bond acceptors (Lipinski definition) is 4. The first-order valence-corrected chi connectivity index (χ1v) is 10.9. The maximum atomic E-state index is 13.7. The Balaban J connectivity index is 1.96. The molecule has 156 valence electrons. The smallest absolute Gasteiger partial charge is 0.258 e. The summed E-state index contributed by atoms with van der Waals surface area (Å²) < 4.78 is 21.2. The zero-order chi connectivity index (χ0) is 21.0. The largest absolute Gasteiger partial charge is 0.495 e. The van der Waals surface area contributed by atoms with E-state index in [2.05, 4.69) is 30.3 Å². The molecule has 0 saturated carbocycles. The standard InChI is InChI=1S/C22H28FN3O2S/c1-5-9-26-19-7-6-16(23)11-18(19)24-21(26)12-25(10-8-15(2)3)22(27)17-13-29-14-20(17)28-4/h6-7,11,13-15H,5,8-10,12H2,1-4H3. The highest BCUT2D eigenvalue weighted by atomic mass is 32.1. The van der Waals surface area contributed by atoms with E-state index < -0.39 is 0 Å². The molecule has 5 nitrogen and oxygen atoms in total. The second-order valence-electron chi connectivity index (χ2n) is 7.58. The Hall–Kier alpha value is -2.41. The molecule has 0 fully saturated rings. The van der Waals surface area contributed by atoms with Gasteiger partial charge in [0.15, 0.2) is 0 Å². The van der Waals surface area contributed by atoms with Gasteiger partial charge in [0.25, 0.3) is 5.91 Å². The first-order chi connectivity index (χ1) is 13.9. The minimum absolute atomic E-state index is 0.0648. The van der Waals surface area contributed by atoms with Crippen LogP contribution >= 0.6 is 11.3 Å². The summed E-state index contributed by atoms with van der Waals surface area (Å²) in [6.07, 6.45) is 1.81. The van der Waals surface area contributed by atoms with Crippen LogP contribution in [0, 0.1) is 11.7 Å². The Bertz CT molecular complexity index is 980. The number of rotatable bonds is 9. The highest BCUT2D eigenvalue weighted by Crippen LogP contribution is 2.26. The van der Waals surface area contributed by atoms with Gasteiger partial charge in [0, 0.05) is 29.9 Å². The van der Waals surface area contributed by atoms with Gasteiger partial charge in [-0.3, -0.25) is 4.79 Å². The van der Waals surface area contributed by atoms with Crippen LogP contribution in [0.4, 0.5) is 4.39 Å². The van der Waals surface area contributed by atoms with Crippen LogP contribution in [0.25, 0.3) is 11.0 Å². The van der Waals surface area contributed by atoms with Crippen molar-refractivity contribution in [2.45, 2.75) is 46.7 Å². The van der Waals surface area contributed by atoms with E-state index in [-0.39, 0.29) is 11.7 Å². The van der Waals surface area contributed by atoms with Gasteiger partial charge < -0.3 is 14.2 Å². The quantitative estimate of drug-likeness (QED) is 0.472. The lowest BCUT2D eigenvalue weighted by Gasteiger charge is -2.24. The Labute approximate surface area is 175 Å². The Morgan fingerprint density at radius 1 is 1.34 bits per heavy atom. The molecule has 0 unspecified atom stereocenters. The normalized spacial score (nSPS) is 11.4. The number of thiophene rings is 1. The molecule has 29 heavy (non-hydrogen) atoms. The summed E-state index contributed by atoms with van der Waals surface area (Å²) in [5.41, 5.74) is 2.09. The Morgan fingerprint density at radius 3 is 2.83 bits per heavy atom. The van der Waals surface area contributed by atoms with E-state index in [1.807, 2.05) is 15.7 Å². The van der Waals surface area contributed by atoms with Gasteiger partial charge in [-0.05, 0) is 30.9 Å². The van der Waals surface area contributed by atoms with E-state index in [0.29, 0.717) is 35.8 Å². The van der Waals surface area contributed by atoms with Gasteiger partial charge in [-0.2, -0.15) is 0 Å². The zero-order valence-electron chi connectivity index (χ0n) is 17.4. The molecule has 0 radical (unpaired) electrons. The van der Waals surface area contributed by atoms with Crippen molar-refractivity contribution in [2.24, 2.45) is 5.92 Å². The summed E-state index contributed by atoms with van der Waals surface area (Å²) >= 11 is 1.45. The molecule has 1 amide bonds. The summed E-state index contributed by atoms with van der Waals surface area (Å²) in [7, 11) is 1.58. The second kappa shape index (κ2) is 9.39. The van der Waals surface area contributed by atoms with Crippen molar-refractivity contribution in [3.05, 3.63) is 46.2 Å². The number of ether oxygens (including phenoxy) is 1. The van der Waals surface area contributed by atoms with Crippen molar-refractivity contribution in [1.82, 2.24) is 14.5 Å². The van der Waals surface area contributed by atoms with Crippen molar-refractivity contribution < 1.29 is 13.9 Å². The molecule has 0 aliphatic rings. The average Bonchev–Trinajstić information content (AvgIpc) is 3.29. The number of hydrogen-bond donors (Lipinski definition) is 0. The zero-order valence-corrected chi connectivity index (χ0v) is 18.3. The van der Waals surface area contributed by atoms with E-state index in [4.69, 9.17) is 4.74 Å². The predicted octanol–water partition coefficient (Wildman–Crippen LogP) is 5.34. The van der Waals surface area contributed by atoms with Gasteiger partial charge in [0.05, 0.1) is 30.3 Å². The molecule has 0 aliphatic heterocycles. The number of amides is 1. The molecule has 0 atom stereocenters. The number of aryl methyl sites for hydroxylation is 1. The molecule has 2 heterocycles. The van der Waals surface area contributed by atoms with Crippen molar-refractivity contribution in [1.29, 1.82) is 0 Å². The van der Waals surface area contributed by atoms with Crippen LogP contribution in [0.2, 0.25) is 0 Å². The van der Waals surface area contributed by atoms with Gasteiger partial charge in [-0.25, -0.2) is 9.37 Å². The molecule has 0 N–H and O–H groups in total. The second-order valence-corrected chi connectivity index (χ2v) is 8.32. The highest BCUT2D eigenvalue weighted by Gasteiger charge is 2.23. The van der Waals surface area contributed by atoms with Crippen LogP contribution in [0.15, 0.2) is 29.0 Å². The van der Waals surface area contributed by atoms with Gasteiger partial charge in [0.1, 0.15) is 17.4 Å². The molecule has 2 aromatic heterocycles. The number of fused-ring (bicyclic) bond motifs is 1. The lowest BCUT2D eigenvalue weighted by Crippen LogP contribution is -2.33. The molecular formula is C22H28FN3O2S. The fraction of sp³-hybridized carbons (Fsp3) is 0.455. The first kappa shape index (κ1) is 21.3. The van der Waals surface area contributed by atoms with Crippen LogP contribution in [0.1, 0.15) is 49.8 Å². The molecule has 0 spiro atoms. The SMILES string of the molecule is CCCn1c(CN(CCC(C)C)C(=O)c2cscc2OC)nc2cc(F)ccc21. The number of nitrogens with zero attached hydrogens (tertiary/aromatic N) is 3. The average molecular weight is 418 g/mol. The van der Waals surface area contributed by atoms with Crippen LogP contribution in [0.5, 0.6) is 5.75 Å². The highest BCUT2D eigenvalue weighted by molar-refractivity contribution is 7.08. The van der Waals surface area contributed by atoms with Gasteiger partial charge in [-0.15, -0.1) is 11.3 Å². The topological polar surface area (TPSA) is 47.4 Å². The Morgan fingerprint density at radius 2 is 2.14 bits per heavy atom. The van der Waals surface area contributed by atoms with Gasteiger partial charge in [0.2, 0.25) is 0 Å². The number of carbonyl (C=O) groups excluding carboxylic acids is 1. The van der Waals surface area contributed by atoms with E-state index in [1.54, 1.807) is 13.2 Å². The van der Waals surface area contributed by atoms with Crippen molar-refractivity contribution in [2.75, 3.05) is 13.7 Å². The number of halogens is 1. The van der Waals surface area contributed by atoms with Crippen LogP contribution < -0.4 is 4.74 Å². The number of imidazole rings is 1. The van der Waals surface area contributed by atoms with Gasteiger partial charge >= 0.3 is 0 Å². The third-order valence-electron chi connectivity index (χ3n) is 4.91. The molecule has 7 heteroatoms. The van der Waals surface area contributed by atoms with E-state index in [1.165, 1.54) is 23.5 Å². The monoisotopic (exact) mass is 417 g/mol. The number of methoxy groups -OCH3 is 1. The molecule has 0 bridgehead atoms. The fourth-order valence-electron chi connectivity index (χ4n) is 3.35. The third kappa shape index (κ3) is 4.78.